The summed E-state index contributed by atoms with van der Waals surface area (Å²) in [5, 5.41) is 5.46. The van der Waals surface area contributed by atoms with E-state index >= 15 is 0 Å². The Bertz CT molecular complexity index is 488. The van der Waals surface area contributed by atoms with E-state index in [1.54, 1.807) is 9.69 Å². The smallest absolute Gasteiger partial charge is 1.00 e. The third-order valence-corrected chi connectivity index (χ3v) is 11.6. The van der Waals surface area contributed by atoms with E-state index in [-0.39, 0.29) is 46.5 Å². The molecule has 0 N–H and O–H groups in total. The summed E-state index contributed by atoms with van der Waals surface area (Å²) in [7, 11) is -2.68. The summed E-state index contributed by atoms with van der Waals surface area (Å²) >= 11 is 1.97. The van der Waals surface area contributed by atoms with Gasteiger partial charge in [0.2, 0.25) is 0 Å². The molecule has 109 valence electrons. The van der Waals surface area contributed by atoms with Crippen LogP contribution >= 0.6 is 11.3 Å². The largest absolute Gasteiger partial charge is 3.00 e. The first-order valence-corrected chi connectivity index (χ1v) is 13.6. The van der Waals surface area contributed by atoms with Crippen LogP contribution < -0.4 is 34.5 Å². The Kier molecular flexibility index (Phi) is 9.87. The van der Waals surface area contributed by atoms with Crippen LogP contribution in [0.1, 0.15) is 6.42 Å². The van der Waals surface area contributed by atoms with E-state index in [9.17, 15) is 0 Å². The molecule has 1 heterocycles. The average Bonchev–Trinajstić information content (AvgIpc) is 2.89. The molecule has 20 heavy (non-hydrogen) atoms. The molecule has 6 heteroatoms. The summed E-state index contributed by atoms with van der Waals surface area (Å²) in [5.74, 6) is 0. The van der Waals surface area contributed by atoms with Gasteiger partial charge in [0.1, 0.15) is 0 Å². The molecule has 0 spiro atoms. The minimum absolute atomic E-state index is 0. The first-order valence-electron chi connectivity index (χ1n) is 6.20. The van der Waals surface area contributed by atoms with Gasteiger partial charge in [-0.2, -0.15) is 17.4 Å². The zero-order valence-electron chi connectivity index (χ0n) is 12.7. The van der Waals surface area contributed by atoms with Gasteiger partial charge >= 0.3 is 21.7 Å². The van der Waals surface area contributed by atoms with Gasteiger partial charge in [0.15, 0.2) is 0 Å². The Balaban J connectivity index is 0. The van der Waals surface area contributed by atoms with Gasteiger partial charge in [-0.1, -0.05) is 44.0 Å². The van der Waals surface area contributed by atoms with E-state index in [1.807, 2.05) is 11.3 Å². The first-order chi connectivity index (χ1) is 7.83. The average molecular weight is 396 g/mol. The van der Waals surface area contributed by atoms with Crippen molar-refractivity contribution in [3.8, 4) is 0 Å². The summed E-state index contributed by atoms with van der Waals surface area (Å²) in [6.07, 6.45) is 9.11. The minimum atomic E-state index is -1.48. The van der Waals surface area contributed by atoms with Crippen molar-refractivity contribution in [2.45, 2.75) is 39.2 Å². The van der Waals surface area contributed by atoms with Crippen LogP contribution in [0.4, 0.5) is 0 Å². The first kappa shape index (κ1) is 23.2. The fourth-order valence-corrected chi connectivity index (χ4v) is 11.2. The normalized spacial score (nSPS) is 13.9. The number of hydrogen-bond donors (Lipinski definition) is 0. The van der Waals surface area contributed by atoms with Crippen LogP contribution in [0.25, 0.3) is 0 Å². The zero-order chi connectivity index (χ0) is 12.7. The van der Waals surface area contributed by atoms with Gasteiger partial charge in [-0.3, -0.25) is 6.08 Å². The molecule has 1 aliphatic rings. The molecular formula is C14H21Cl2SSi2Ti. The topological polar surface area (TPSA) is 0 Å². The fourth-order valence-electron chi connectivity index (χ4n) is 2.34. The van der Waals surface area contributed by atoms with Crippen LogP contribution in [0.15, 0.2) is 28.8 Å². The Morgan fingerprint density at radius 2 is 1.70 bits per heavy atom. The van der Waals surface area contributed by atoms with Crippen LogP contribution in [0.5, 0.6) is 0 Å². The molecule has 0 saturated heterocycles. The Morgan fingerprint density at radius 3 is 2.15 bits per heavy atom. The van der Waals surface area contributed by atoms with E-state index in [4.69, 9.17) is 0 Å². The molecule has 0 atom stereocenters. The van der Waals surface area contributed by atoms with Crippen LogP contribution in [-0.2, 0) is 21.7 Å². The van der Waals surface area contributed by atoms with Crippen molar-refractivity contribution in [1.29, 1.82) is 0 Å². The van der Waals surface area contributed by atoms with Crippen LogP contribution in [0, 0.1) is 6.08 Å². The van der Waals surface area contributed by atoms with Gasteiger partial charge < -0.3 is 24.8 Å². The molecule has 1 radical (unpaired) electrons. The second-order valence-corrected chi connectivity index (χ2v) is 16.8. The number of thiophene rings is 1. The van der Waals surface area contributed by atoms with Crippen molar-refractivity contribution in [1.82, 2.24) is 0 Å². The molecule has 0 aliphatic heterocycles. The monoisotopic (exact) mass is 395 g/mol. The summed E-state index contributed by atoms with van der Waals surface area (Å²) < 4.78 is 1.69. The summed E-state index contributed by atoms with van der Waals surface area (Å²) in [5.41, 5.74) is 0. The van der Waals surface area contributed by atoms with Crippen molar-refractivity contribution < 1.29 is 46.5 Å². The molecule has 0 amide bonds. The maximum Gasteiger partial charge on any atom is 3.00 e. The second kappa shape index (κ2) is 8.52. The molecule has 0 unspecified atom stereocenters. The molecular weight excluding hydrogens is 375 g/mol. The second-order valence-electron chi connectivity index (χ2n) is 6.24. The maximum absolute atomic E-state index is 3.55. The SMILES string of the molecule is C[Si](C)(C)c1ccsc1[Si](C)(C)C1=[C-]CC=C1.[Cl-].[Cl-].[Ti+3]. The van der Waals surface area contributed by atoms with E-state index in [0.29, 0.717) is 0 Å². The molecule has 0 fully saturated rings. The Labute approximate surface area is 156 Å². The van der Waals surface area contributed by atoms with Crippen molar-refractivity contribution in [3.63, 3.8) is 0 Å². The van der Waals surface area contributed by atoms with Crippen molar-refractivity contribution in [2.24, 2.45) is 0 Å². The quantitative estimate of drug-likeness (QED) is 0.390. The predicted octanol–water partition coefficient (Wildman–Crippen LogP) is -2.56. The summed E-state index contributed by atoms with van der Waals surface area (Å²) in [6.45, 7) is 12.3. The van der Waals surface area contributed by atoms with Gasteiger partial charge in [-0.05, 0) is 9.88 Å². The van der Waals surface area contributed by atoms with Gasteiger partial charge in [0.05, 0.1) is 16.1 Å². The molecule has 1 aliphatic carbocycles. The third kappa shape index (κ3) is 4.70. The maximum atomic E-state index is 3.55. The minimum Gasteiger partial charge on any atom is -1.00 e. The van der Waals surface area contributed by atoms with E-state index in [2.05, 4.69) is 62.4 Å². The van der Waals surface area contributed by atoms with Gasteiger partial charge in [0, 0.05) is 0 Å². The van der Waals surface area contributed by atoms with E-state index < -0.39 is 16.1 Å². The molecule has 1 aromatic rings. The molecule has 0 bridgehead atoms. The third-order valence-electron chi connectivity index (χ3n) is 3.41. The van der Waals surface area contributed by atoms with Crippen LogP contribution in [0.2, 0.25) is 32.7 Å². The molecule has 0 saturated carbocycles. The van der Waals surface area contributed by atoms with Gasteiger partial charge in [-0.15, -0.1) is 6.42 Å². The Morgan fingerprint density at radius 1 is 1.10 bits per heavy atom. The van der Waals surface area contributed by atoms with E-state index in [0.717, 1.165) is 6.42 Å². The molecule has 0 nitrogen and oxygen atoms in total. The van der Waals surface area contributed by atoms with Gasteiger partial charge in [0.25, 0.3) is 0 Å². The van der Waals surface area contributed by atoms with Crippen LogP contribution in [-0.4, -0.2) is 16.1 Å². The van der Waals surface area contributed by atoms with Crippen LogP contribution in [0.3, 0.4) is 0 Å². The van der Waals surface area contributed by atoms with Crippen molar-refractivity contribution in [2.75, 3.05) is 0 Å². The molecule has 2 rings (SSSR count). The standard InChI is InChI=1S/C14H21SSi2.2ClH.Ti/c1-16(2,3)13-10-11-15-14(13)17(4,5)12-8-6-7-9-12;;;/h6,8,10-11H,7H2,1-5H3;2*1H;/q-1;;;+3/p-2. The Hall–Kier alpha value is 0.908. The number of rotatable bonds is 3. The summed E-state index contributed by atoms with van der Waals surface area (Å²) in [6, 6.07) is 2.38. The van der Waals surface area contributed by atoms with Gasteiger partial charge in [-0.25, -0.2) is 11.3 Å². The number of allylic oxidation sites excluding steroid dienone is 4. The molecule has 1 aromatic heterocycles. The van der Waals surface area contributed by atoms with Crippen molar-refractivity contribution >= 4 is 37.2 Å². The number of halogens is 2. The number of hydrogen-bond acceptors (Lipinski definition) is 1. The van der Waals surface area contributed by atoms with E-state index in [1.165, 1.54) is 5.20 Å². The zero-order valence-corrected chi connectivity index (χ0v) is 18.6. The molecule has 0 aromatic carbocycles. The summed E-state index contributed by atoms with van der Waals surface area (Å²) in [4.78, 5) is 0. The van der Waals surface area contributed by atoms with Crippen molar-refractivity contribution in [3.05, 3.63) is 34.9 Å². The predicted molar refractivity (Wildman–Crippen MR) is 84.9 cm³/mol. The fraction of sp³-hybridized carbons (Fsp3) is 0.429.